The maximum atomic E-state index is 12.7. The van der Waals surface area contributed by atoms with E-state index in [2.05, 4.69) is 31.0 Å². The van der Waals surface area contributed by atoms with Crippen LogP contribution < -0.4 is 0 Å². The van der Waals surface area contributed by atoms with E-state index in [4.69, 9.17) is 4.74 Å². The van der Waals surface area contributed by atoms with E-state index in [-0.39, 0.29) is 23.2 Å². The number of rotatable bonds is 2. The Kier molecular flexibility index (Phi) is 4.32. The summed E-state index contributed by atoms with van der Waals surface area (Å²) in [5.41, 5.74) is 1.55. The van der Waals surface area contributed by atoms with Crippen molar-refractivity contribution < 1.29 is 14.6 Å². The molecule has 0 saturated carbocycles. The lowest BCUT2D eigenvalue weighted by atomic mass is 9.88. The van der Waals surface area contributed by atoms with Crippen LogP contribution in [0.3, 0.4) is 0 Å². The number of hydrogen-bond acceptors (Lipinski definition) is 4. The lowest BCUT2D eigenvalue weighted by molar-refractivity contribution is -0.0707. The molecule has 1 fully saturated rings. The van der Waals surface area contributed by atoms with Gasteiger partial charge in [-0.1, -0.05) is 32.9 Å². The molecule has 1 aromatic heterocycles. The van der Waals surface area contributed by atoms with E-state index in [0.29, 0.717) is 36.6 Å². The number of phenolic OH excluding ortho intramolecular Hbond substituents is 1. The summed E-state index contributed by atoms with van der Waals surface area (Å²) in [6.07, 6.45) is 0.00996. The van der Waals surface area contributed by atoms with Crippen LogP contribution in [0, 0.1) is 5.41 Å². The van der Waals surface area contributed by atoms with Gasteiger partial charge in [-0.3, -0.25) is 9.89 Å². The number of nitrogens with one attached hydrogen (secondary N) is 1. The number of carbonyl (C=O) groups is 1. The van der Waals surface area contributed by atoms with Crippen LogP contribution in [0.4, 0.5) is 0 Å². The van der Waals surface area contributed by atoms with Crippen LogP contribution in [0.25, 0.3) is 11.3 Å². The Bertz CT molecular complexity index is 733. The highest BCUT2D eigenvalue weighted by Gasteiger charge is 2.33. The molecular weight excluding hydrogens is 306 g/mol. The number of aromatic hydroxyl groups is 1. The minimum atomic E-state index is -0.0956. The van der Waals surface area contributed by atoms with Crippen LogP contribution in [-0.4, -0.2) is 51.9 Å². The molecule has 0 spiro atoms. The Morgan fingerprint density at radius 1 is 1.38 bits per heavy atom. The Morgan fingerprint density at radius 2 is 2.12 bits per heavy atom. The fourth-order valence-electron chi connectivity index (χ4n) is 2.79. The average Bonchev–Trinajstić information content (AvgIpc) is 3.03. The lowest BCUT2D eigenvalue weighted by Gasteiger charge is -2.39. The van der Waals surface area contributed by atoms with Gasteiger partial charge in [0.2, 0.25) is 0 Å². The number of aromatic nitrogens is 2. The number of aromatic amines is 1. The van der Waals surface area contributed by atoms with Gasteiger partial charge in [-0.25, -0.2) is 0 Å². The number of carbonyl (C=O) groups excluding carboxylic acids is 1. The number of benzene rings is 1. The summed E-state index contributed by atoms with van der Waals surface area (Å²) in [7, 11) is 0. The minimum absolute atomic E-state index is 0.00996. The first-order valence-electron chi connectivity index (χ1n) is 8.11. The minimum Gasteiger partial charge on any atom is -0.507 e. The largest absolute Gasteiger partial charge is 0.507 e. The van der Waals surface area contributed by atoms with E-state index < -0.39 is 0 Å². The van der Waals surface area contributed by atoms with Gasteiger partial charge in [-0.15, -0.1) is 0 Å². The topological polar surface area (TPSA) is 78.5 Å². The zero-order valence-corrected chi connectivity index (χ0v) is 14.2. The summed E-state index contributed by atoms with van der Waals surface area (Å²) in [6, 6.07) is 8.61. The lowest BCUT2D eigenvalue weighted by Crippen LogP contribution is -2.50. The molecule has 0 aliphatic carbocycles. The van der Waals surface area contributed by atoms with Gasteiger partial charge >= 0.3 is 0 Å². The van der Waals surface area contributed by atoms with E-state index in [1.54, 1.807) is 29.2 Å². The Labute approximate surface area is 141 Å². The molecule has 24 heavy (non-hydrogen) atoms. The fraction of sp³-hybridized carbons (Fsp3) is 0.444. The van der Waals surface area contributed by atoms with Gasteiger partial charge in [-0.2, -0.15) is 5.10 Å². The average molecular weight is 329 g/mol. The van der Waals surface area contributed by atoms with Crippen molar-refractivity contribution in [1.29, 1.82) is 0 Å². The molecule has 2 aromatic rings. The first-order chi connectivity index (χ1) is 11.4. The SMILES string of the molecule is CC(C)(C)C1CN(C(=O)c2cc(-c3ccccc3O)n[nH]2)CCO1. The maximum absolute atomic E-state index is 12.7. The highest BCUT2D eigenvalue weighted by Crippen LogP contribution is 2.28. The van der Waals surface area contributed by atoms with Crippen molar-refractivity contribution >= 4 is 5.91 Å². The molecule has 1 saturated heterocycles. The van der Waals surface area contributed by atoms with Crippen molar-refractivity contribution in [3.63, 3.8) is 0 Å². The Balaban J connectivity index is 1.78. The zero-order chi connectivity index (χ0) is 17.3. The number of hydrogen-bond donors (Lipinski definition) is 2. The van der Waals surface area contributed by atoms with Crippen LogP contribution >= 0.6 is 0 Å². The number of ether oxygens (including phenoxy) is 1. The number of para-hydroxylation sites is 1. The third-order valence-corrected chi connectivity index (χ3v) is 4.31. The Hall–Kier alpha value is -2.34. The van der Waals surface area contributed by atoms with Crippen molar-refractivity contribution in [2.24, 2.45) is 5.41 Å². The third-order valence-electron chi connectivity index (χ3n) is 4.31. The van der Waals surface area contributed by atoms with Gasteiger partial charge in [0.25, 0.3) is 5.91 Å². The molecule has 2 heterocycles. The summed E-state index contributed by atoms with van der Waals surface area (Å²) in [6.45, 7) is 7.99. The number of amides is 1. The number of nitrogens with zero attached hydrogens (tertiary/aromatic N) is 2. The van der Waals surface area contributed by atoms with Gasteiger partial charge in [-0.05, 0) is 23.6 Å². The second kappa shape index (κ2) is 6.28. The second-order valence-electron chi connectivity index (χ2n) is 7.16. The van der Waals surface area contributed by atoms with Crippen molar-refractivity contribution in [2.45, 2.75) is 26.9 Å². The smallest absolute Gasteiger partial charge is 0.272 e. The molecule has 0 radical (unpaired) electrons. The van der Waals surface area contributed by atoms with Gasteiger partial charge < -0.3 is 14.7 Å². The normalized spacial score (nSPS) is 18.6. The first kappa shape index (κ1) is 16.5. The summed E-state index contributed by atoms with van der Waals surface area (Å²) in [4.78, 5) is 14.5. The predicted molar refractivity (Wildman–Crippen MR) is 90.8 cm³/mol. The van der Waals surface area contributed by atoms with Gasteiger partial charge in [0.15, 0.2) is 0 Å². The summed E-state index contributed by atoms with van der Waals surface area (Å²) < 4.78 is 5.80. The molecule has 1 atom stereocenters. The van der Waals surface area contributed by atoms with Crippen molar-refractivity contribution in [3.8, 4) is 17.0 Å². The van der Waals surface area contributed by atoms with E-state index in [1.807, 2.05) is 6.07 Å². The molecule has 1 aliphatic rings. The maximum Gasteiger partial charge on any atom is 0.272 e. The van der Waals surface area contributed by atoms with Crippen molar-refractivity contribution in [2.75, 3.05) is 19.7 Å². The first-order valence-corrected chi connectivity index (χ1v) is 8.11. The predicted octanol–water partition coefficient (Wildman–Crippen LogP) is 2.67. The summed E-state index contributed by atoms with van der Waals surface area (Å²) in [5, 5.41) is 16.9. The number of phenols is 1. The van der Waals surface area contributed by atoms with Crippen molar-refractivity contribution in [3.05, 3.63) is 36.0 Å². The number of morpholine rings is 1. The van der Waals surface area contributed by atoms with Gasteiger partial charge in [0.05, 0.1) is 18.4 Å². The van der Waals surface area contributed by atoms with Gasteiger partial charge in [0.1, 0.15) is 11.4 Å². The standard InChI is InChI=1S/C18H23N3O3/c1-18(2,3)16-11-21(8-9-24-16)17(23)14-10-13(19-20-14)12-6-4-5-7-15(12)22/h4-7,10,16,22H,8-9,11H2,1-3H3,(H,19,20). The molecule has 6 heteroatoms. The quantitative estimate of drug-likeness (QED) is 0.888. The van der Waals surface area contributed by atoms with Crippen LogP contribution in [0.15, 0.2) is 30.3 Å². The third kappa shape index (κ3) is 3.28. The fourth-order valence-corrected chi connectivity index (χ4v) is 2.79. The summed E-state index contributed by atoms with van der Waals surface area (Å²) in [5.74, 6) is 0.0453. The van der Waals surface area contributed by atoms with Crippen LogP contribution in [0.1, 0.15) is 31.3 Å². The molecule has 1 aromatic carbocycles. The number of H-pyrrole nitrogens is 1. The van der Waals surface area contributed by atoms with E-state index in [9.17, 15) is 9.90 Å². The van der Waals surface area contributed by atoms with Gasteiger partial charge in [0, 0.05) is 18.7 Å². The molecule has 6 nitrogen and oxygen atoms in total. The zero-order valence-electron chi connectivity index (χ0n) is 14.2. The van der Waals surface area contributed by atoms with Crippen LogP contribution in [0.5, 0.6) is 5.75 Å². The molecule has 1 amide bonds. The monoisotopic (exact) mass is 329 g/mol. The van der Waals surface area contributed by atoms with E-state index >= 15 is 0 Å². The van der Waals surface area contributed by atoms with Crippen molar-refractivity contribution in [1.82, 2.24) is 15.1 Å². The summed E-state index contributed by atoms with van der Waals surface area (Å²) >= 11 is 0. The highest BCUT2D eigenvalue weighted by molar-refractivity contribution is 5.93. The Morgan fingerprint density at radius 3 is 2.83 bits per heavy atom. The van der Waals surface area contributed by atoms with Crippen LogP contribution in [0.2, 0.25) is 0 Å². The molecule has 128 valence electrons. The highest BCUT2D eigenvalue weighted by atomic mass is 16.5. The molecule has 2 N–H and O–H groups in total. The molecule has 1 aliphatic heterocycles. The molecular formula is C18H23N3O3. The molecule has 0 bridgehead atoms. The molecule has 1 unspecified atom stereocenters. The van der Waals surface area contributed by atoms with E-state index in [1.165, 1.54) is 0 Å². The van der Waals surface area contributed by atoms with E-state index in [0.717, 1.165) is 0 Å². The molecule has 3 rings (SSSR count). The second-order valence-corrected chi connectivity index (χ2v) is 7.16. The van der Waals surface area contributed by atoms with Crippen LogP contribution in [-0.2, 0) is 4.74 Å².